The molecule has 1 aromatic carbocycles. The van der Waals surface area contributed by atoms with E-state index in [1.165, 1.54) is 18.2 Å². The van der Waals surface area contributed by atoms with Gasteiger partial charge in [-0.2, -0.15) is 0 Å². The van der Waals surface area contributed by atoms with Crippen molar-refractivity contribution in [2.75, 3.05) is 14.1 Å². The smallest absolute Gasteiger partial charge is 0.405 e. The van der Waals surface area contributed by atoms with Crippen LogP contribution in [0.25, 0.3) is 0 Å². The third-order valence-corrected chi connectivity index (χ3v) is 3.81. The highest BCUT2D eigenvalue weighted by Gasteiger charge is 2.40. The molecule has 0 N–H and O–H groups in total. The third-order valence-electron chi connectivity index (χ3n) is 3.81. The molecule has 0 spiro atoms. The lowest BCUT2D eigenvalue weighted by Gasteiger charge is -2.37. The first-order chi connectivity index (χ1) is 9.68. The highest BCUT2D eigenvalue weighted by molar-refractivity contribution is 6.05. The minimum atomic E-state index is -4.82. The van der Waals surface area contributed by atoms with Gasteiger partial charge in [0.25, 0.3) is 0 Å². The number of likely N-dealkylation sites (N-methyl/N-ethyl adjacent to an activating group) is 1. The lowest BCUT2D eigenvalue weighted by atomic mass is 9.83. The lowest BCUT2D eigenvalue weighted by molar-refractivity contribution is -0.274. The minimum absolute atomic E-state index is 0.0489. The summed E-state index contributed by atoms with van der Waals surface area (Å²) >= 11 is 0. The number of halogens is 3. The van der Waals surface area contributed by atoms with E-state index < -0.39 is 17.7 Å². The largest absolute Gasteiger partial charge is 0.573 e. The Hall–Kier alpha value is -1.56. The van der Waals surface area contributed by atoms with E-state index in [1.807, 2.05) is 13.8 Å². The van der Waals surface area contributed by atoms with E-state index in [2.05, 4.69) is 4.74 Å². The Labute approximate surface area is 122 Å². The van der Waals surface area contributed by atoms with E-state index in [0.717, 1.165) is 6.07 Å². The van der Waals surface area contributed by atoms with Gasteiger partial charge >= 0.3 is 6.36 Å². The zero-order valence-corrected chi connectivity index (χ0v) is 12.6. The zero-order chi connectivity index (χ0) is 16.3. The molecule has 0 atom stereocenters. The fraction of sp³-hybridized carbons (Fsp3) is 0.533. The normalized spacial score (nSPS) is 12.6. The van der Waals surface area contributed by atoms with Gasteiger partial charge in [-0.1, -0.05) is 26.0 Å². The number of Topliss-reactive ketones (excluding diaryl/α,β-unsaturated/α-hetero) is 1. The van der Waals surface area contributed by atoms with Crippen molar-refractivity contribution < 1.29 is 22.7 Å². The van der Waals surface area contributed by atoms with E-state index in [1.54, 1.807) is 19.0 Å². The van der Waals surface area contributed by atoms with Gasteiger partial charge in [0.2, 0.25) is 0 Å². The van der Waals surface area contributed by atoms with Gasteiger partial charge in [-0.05, 0) is 39.1 Å². The standard InChI is InChI=1S/C15H20F3NO2/c1-5-14(6-2,19(3)4)13(20)11-9-7-8-10-12(11)21-15(16,17)18/h7-10H,5-6H2,1-4H3. The predicted octanol–water partition coefficient (Wildman–Crippen LogP) is 3.89. The molecule has 0 amide bonds. The molecule has 0 unspecified atom stereocenters. The van der Waals surface area contributed by atoms with Crippen molar-refractivity contribution in [3.8, 4) is 5.75 Å². The number of nitrogens with zero attached hydrogens (tertiary/aromatic N) is 1. The summed E-state index contributed by atoms with van der Waals surface area (Å²) in [5.41, 5.74) is -0.891. The molecular formula is C15H20F3NO2. The molecule has 0 fully saturated rings. The summed E-state index contributed by atoms with van der Waals surface area (Å²) in [6, 6.07) is 5.47. The maximum Gasteiger partial charge on any atom is 0.573 e. The second kappa shape index (κ2) is 6.47. The molecule has 0 saturated carbocycles. The topological polar surface area (TPSA) is 29.5 Å². The number of carbonyl (C=O) groups is 1. The van der Waals surface area contributed by atoms with E-state index in [-0.39, 0.29) is 11.3 Å². The number of alkyl halides is 3. The molecule has 0 aliphatic heterocycles. The zero-order valence-electron chi connectivity index (χ0n) is 12.6. The van der Waals surface area contributed by atoms with Crippen LogP contribution >= 0.6 is 0 Å². The Morgan fingerprint density at radius 3 is 2.10 bits per heavy atom. The van der Waals surface area contributed by atoms with Crippen LogP contribution in [0.15, 0.2) is 24.3 Å². The molecule has 1 rings (SSSR count). The predicted molar refractivity (Wildman–Crippen MR) is 74.5 cm³/mol. The van der Waals surface area contributed by atoms with Gasteiger partial charge in [0.1, 0.15) is 5.75 Å². The van der Waals surface area contributed by atoms with E-state index >= 15 is 0 Å². The minimum Gasteiger partial charge on any atom is -0.405 e. The average Bonchev–Trinajstić information content (AvgIpc) is 2.39. The first kappa shape index (κ1) is 17.5. The Bertz CT molecular complexity index is 494. The van der Waals surface area contributed by atoms with Crippen LogP contribution in [0.5, 0.6) is 5.75 Å². The number of benzene rings is 1. The van der Waals surface area contributed by atoms with E-state index in [9.17, 15) is 18.0 Å². The lowest BCUT2D eigenvalue weighted by Crippen LogP contribution is -2.50. The molecule has 1 aromatic rings. The van der Waals surface area contributed by atoms with Crippen LogP contribution in [-0.4, -0.2) is 36.7 Å². The molecule has 0 radical (unpaired) electrons. The van der Waals surface area contributed by atoms with Crippen LogP contribution < -0.4 is 4.74 Å². The van der Waals surface area contributed by atoms with Gasteiger partial charge in [-0.15, -0.1) is 13.2 Å². The van der Waals surface area contributed by atoms with Gasteiger partial charge in [-0.3, -0.25) is 9.69 Å². The van der Waals surface area contributed by atoms with E-state index in [0.29, 0.717) is 12.8 Å². The summed E-state index contributed by atoms with van der Waals surface area (Å²) in [5, 5.41) is 0. The van der Waals surface area contributed by atoms with Gasteiger partial charge in [0.05, 0.1) is 11.1 Å². The molecule has 0 saturated heterocycles. The average molecular weight is 303 g/mol. The maximum atomic E-state index is 12.8. The number of ether oxygens (including phenoxy) is 1. The summed E-state index contributed by atoms with van der Waals surface area (Å²) in [5.74, 6) is -0.819. The van der Waals surface area contributed by atoms with Crippen molar-refractivity contribution >= 4 is 5.78 Å². The first-order valence-corrected chi connectivity index (χ1v) is 6.75. The maximum absolute atomic E-state index is 12.8. The number of para-hydroxylation sites is 1. The molecule has 3 nitrogen and oxygen atoms in total. The quantitative estimate of drug-likeness (QED) is 0.747. The third kappa shape index (κ3) is 3.75. The summed E-state index contributed by atoms with van der Waals surface area (Å²) < 4.78 is 41.4. The molecule has 0 bridgehead atoms. The monoisotopic (exact) mass is 303 g/mol. The highest BCUT2D eigenvalue weighted by Crippen LogP contribution is 2.33. The van der Waals surface area contributed by atoms with Gasteiger partial charge < -0.3 is 4.74 Å². The Balaban J connectivity index is 3.30. The molecule has 0 aliphatic rings. The molecule has 21 heavy (non-hydrogen) atoms. The van der Waals surface area contributed by atoms with Crippen LogP contribution in [-0.2, 0) is 0 Å². The summed E-state index contributed by atoms with van der Waals surface area (Å²) in [4.78, 5) is 14.5. The highest BCUT2D eigenvalue weighted by atomic mass is 19.4. The second-order valence-corrected chi connectivity index (χ2v) is 5.01. The molecule has 118 valence electrons. The van der Waals surface area contributed by atoms with Crippen LogP contribution in [0.3, 0.4) is 0 Å². The van der Waals surface area contributed by atoms with Gasteiger partial charge in [0.15, 0.2) is 5.78 Å². The van der Waals surface area contributed by atoms with Crippen molar-refractivity contribution in [3.63, 3.8) is 0 Å². The Morgan fingerprint density at radius 1 is 1.14 bits per heavy atom. The van der Waals surface area contributed by atoms with Crippen molar-refractivity contribution in [1.29, 1.82) is 0 Å². The number of hydrogen-bond acceptors (Lipinski definition) is 3. The van der Waals surface area contributed by atoms with Crippen LogP contribution in [0.1, 0.15) is 37.0 Å². The SMILES string of the molecule is CCC(CC)(C(=O)c1ccccc1OC(F)(F)F)N(C)C. The molecule has 0 aromatic heterocycles. The number of carbonyl (C=O) groups excluding carboxylic acids is 1. The Morgan fingerprint density at radius 2 is 1.67 bits per heavy atom. The second-order valence-electron chi connectivity index (χ2n) is 5.01. The number of rotatable bonds is 6. The van der Waals surface area contributed by atoms with Gasteiger partial charge in [0, 0.05) is 0 Å². The van der Waals surface area contributed by atoms with Crippen LogP contribution in [0.4, 0.5) is 13.2 Å². The molecule has 6 heteroatoms. The summed E-state index contributed by atoms with van der Waals surface area (Å²) in [6.45, 7) is 3.68. The summed E-state index contributed by atoms with van der Waals surface area (Å²) in [6.07, 6.45) is -3.83. The molecular weight excluding hydrogens is 283 g/mol. The molecule has 0 heterocycles. The number of ketones is 1. The van der Waals surface area contributed by atoms with E-state index in [4.69, 9.17) is 0 Å². The van der Waals surface area contributed by atoms with Gasteiger partial charge in [-0.25, -0.2) is 0 Å². The van der Waals surface area contributed by atoms with Crippen molar-refractivity contribution in [2.24, 2.45) is 0 Å². The molecule has 0 aliphatic carbocycles. The van der Waals surface area contributed by atoms with Crippen molar-refractivity contribution in [2.45, 2.75) is 38.6 Å². The van der Waals surface area contributed by atoms with Crippen LogP contribution in [0.2, 0.25) is 0 Å². The van der Waals surface area contributed by atoms with Crippen molar-refractivity contribution in [3.05, 3.63) is 29.8 Å². The van der Waals surface area contributed by atoms with Crippen molar-refractivity contribution in [1.82, 2.24) is 4.90 Å². The Kier molecular flexibility index (Phi) is 5.39. The fourth-order valence-corrected chi connectivity index (χ4v) is 2.53. The number of hydrogen-bond donors (Lipinski definition) is 0. The fourth-order valence-electron chi connectivity index (χ4n) is 2.53. The van der Waals surface area contributed by atoms with Crippen LogP contribution in [0, 0.1) is 0 Å². The first-order valence-electron chi connectivity index (χ1n) is 6.75. The summed E-state index contributed by atoms with van der Waals surface area (Å²) in [7, 11) is 3.50.